The molecule has 0 aromatic heterocycles. The van der Waals surface area contributed by atoms with E-state index < -0.39 is 0 Å². The minimum Gasteiger partial charge on any atom is -0.370 e. The van der Waals surface area contributed by atoms with Crippen molar-refractivity contribution in [1.82, 2.24) is 0 Å². The van der Waals surface area contributed by atoms with Gasteiger partial charge in [0.2, 0.25) is 0 Å². The standard InChI is InChI=1S/C6H13N3O/c1-5(3-2-4-10)9-6(7)8/h4-5H,2-3H2,1H3,(H4,7,8,9). The minimum absolute atomic E-state index is 0.0511. The number of guanidine groups is 1. The second kappa shape index (κ2) is 4.78. The van der Waals surface area contributed by atoms with E-state index in [9.17, 15) is 4.79 Å². The molecule has 1 unspecified atom stereocenters. The number of hydrogen-bond donors (Lipinski definition) is 2. The summed E-state index contributed by atoms with van der Waals surface area (Å²) in [6.07, 6.45) is 2.08. The summed E-state index contributed by atoms with van der Waals surface area (Å²) in [6.45, 7) is 1.86. The summed E-state index contributed by atoms with van der Waals surface area (Å²) < 4.78 is 0. The van der Waals surface area contributed by atoms with Gasteiger partial charge in [-0.25, -0.2) is 0 Å². The molecule has 0 aliphatic heterocycles. The van der Waals surface area contributed by atoms with Gasteiger partial charge in [0.15, 0.2) is 5.96 Å². The Morgan fingerprint density at radius 1 is 1.70 bits per heavy atom. The van der Waals surface area contributed by atoms with Gasteiger partial charge in [0.25, 0.3) is 0 Å². The third-order valence-corrected chi connectivity index (χ3v) is 1.07. The predicted octanol–water partition coefficient (Wildman–Crippen LogP) is -0.373. The van der Waals surface area contributed by atoms with E-state index in [4.69, 9.17) is 11.5 Å². The molecule has 0 radical (unpaired) electrons. The predicted molar refractivity (Wildman–Crippen MR) is 40.6 cm³/mol. The topological polar surface area (TPSA) is 81.5 Å². The van der Waals surface area contributed by atoms with Gasteiger partial charge in [-0.15, -0.1) is 0 Å². The van der Waals surface area contributed by atoms with Crippen molar-refractivity contribution in [2.45, 2.75) is 25.8 Å². The van der Waals surface area contributed by atoms with E-state index in [0.717, 1.165) is 6.29 Å². The van der Waals surface area contributed by atoms with Crippen molar-refractivity contribution in [2.75, 3.05) is 0 Å². The smallest absolute Gasteiger partial charge is 0.186 e. The van der Waals surface area contributed by atoms with Crippen molar-refractivity contribution in [3.8, 4) is 0 Å². The first-order valence-corrected chi connectivity index (χ1v) is 3.19. The lowest BCUT2D eigenvalue weighted by molar-refractivity contribution is -0.108. The van der Waals surface area contributed by atoms with Gasteiger partial charge in [0.05, 0.1) is 6.04 Å². The molecule has 0 aliphatic rings. The minimum atomic E-state index is 0.0511. The quantitative estimate of drug-likeness (QED) is 0.320. The van der Waals surface area contributed by atoms with Gasteiger partial charge in [-0.05, 0) is 13.3 Å². The summed E-state index contributed by atoms with van der Waals surface area (Å²) in [4.78, 5) is 13.7. The normalized spacial score (nSPS) is 12.1. The van der Waals surface area contributed by atoms with E-state index in [1.165, 1.54) is 0 Å². The van der Waals surface area contributed by atoms with E-state index >= 15 is 0 Å². The van der Waals surface area contributed by atoms with Crippen LogP contribution in [0, 0.1) is 0 Å². The Bertz CT molecular complexity index is 129. The van der Waals surface area contributed by atoms with Crippen LogP contribution in [-0.4, -0.2) is 18.3 Å². The summed E-state index contributed by atoms with van der Waals surface area (Å²) in [5.41, 5.74) is 10.2. The fourth-order valence-corrected chi connectivity index (χ4v) is 0.628. The van der Waals surface area contributed by atoms with E-state index in [1.54, 1.807) is 0 Å². The largest absolute Gasteiger partial charge is 0.370 e. The van der Waals surface area contributed by atoms with E-state index in [2.05, 4.69) is 4.99 Å². The highest BCUT2D eigenvalue weighted by molar-refractivity contribution is 5.75. The average molecular weight is 143 g/mol. The summed E-state index contributed by atoms with van der Waals surface area (Å²) >= 11 is 0. The van der Waals surface area contributed by atoms with E-state index in [0.29, 0.717) is 12.8 Å². The molecule has 1 atom stereocenters. The monoisotopic (exact) mass is 143 g/mol. The van der Waals surface area contributed by atoms with Crippen LogP contribution in [-0.2, 0) is 4.79 Å². The Morgan fingerprint density at radius 2 is 2.30 bits per heavy atom. The van der Waals surface area contributed by atoms with Gasteiger partial charge in [-0.1, -0.05) is 0 Å². The Labute approximate surface area is 60.3 Å². The molecule has 0 heterocycles. The van der Waals surface area contributed by atoms with Crippen molar-refractivity contribution in [3.05, 3.63) is 0 Å². The molecule has 0 aliphatic carbocycles. The first-order valence-electron chi connectivity index (χ1n) is 3.19. The Hall–Kier alpha value is -1.06. The molecule has 0 rings (SSSR count). The average Bonchev–Trinajstić information content (AvgIpc) is 1.82. The zero-order chi connectivity index (χ0) is 7.98. The second-order valence-corrected chi connectivity index (χ2v) is 2.15. The molecular weight excluding hydrogens is 130 g/mol. The van der Waals surface area contributed by atoms with Crippen LogP contribution < -0.4 is 11.5 Å². The maximum Gasteiger partial charge on any atom is 0.186 e. The van der Waals surface area contributed by atoms with E-state index in [1.807, 2.05) is 6.92 Å². The molecule has 4 heteroatoms. The number of aliphatic imine (C=N–C) groups is 1. The molecule has 0 bridgehead atoms. The molecule has 0 amide bonds. The highest BCUT2D eigenvalue weighted by atomic mass is 16.1. The maximum atomic E-state index is 9.88. The number of carbonyl (C=O) groups is 1. The summed E-state index contributed by atoms with van der Waals surface area (Å²) in [5, 5.41) is 0. The fraction of sp³-hybridized carbons (Fsp3) is 0.667. The highest BCUT2D eigenvalue weighted by Crippen LogP contribution is 1.97. The second-order valence-electron chi connectivity index (χ2n) is 2.15. The van der Waals surface area contributed by atoms with Crippen LogP contribution in [0.3, 0.4) is 0 Å². The van der Waals surface area contributed by atoms with Crippen molar-refractivity contribution in [1.29, 1.82) is 0 Å². The molecule has 0 aromatic rings. The summed E-state index contributed by atoms with van der Waals surface area (Å²) in [7, 11) is 0. The van der Waals surface area contributed by atoms with Crippen LogP contribution in [0.5, 0.6) is 0 Å². The zero-order valence-corrected chi connectivity index (χ0v) is 6.08. The van der Waals surface area contributed by atoms with Gasteiger partial charge < -0.3 is 16.3 Å². The van der Waals surface area contributed by atoms with Crippen molar-refractivity contribution in [2.24, 2.45) is 16.5 Å². The van der Waals surface area contributed by atoms with E-state index in [-0.39, 0.29) is 12.0 Å². The van der Waals surface area contributed by atoms with Gasteiger partial charge in [-0.3, -0.25) is 4.99 Å². The van der Waals surface area contributed by atoms with Crippen molar-refractivity contribution >= 4 is 12.2 Å². The third kappa shape index (κ3) is 5.08. The lowest BCUT2D eigenvalue weighted by atomic mass is 10.2. The van der Waals surface area contributed by atoms with Crippen LogP contribution >= 0.6 is 0 Å². The van der Waals surface area contributed by atoms with Gasteiger partial charge in [0.1, 0.15) is 6.29 Å². The molecule has 0 aromatic carbocycles. The van der Waals surface area contributed by atoms with Gasteiger partial charge >= 0.3 is 0 Å². The number of aldehydes is 1. The maximum absolute atomic E-state index is 9.88. The molecule has 0 saturated carbocycles. The van der Waals surface area contributed by atoms with Gasteiger partial charge in [-0.2, -0.15) is 0 Å². The van der Waals surface area contributed by atoms with Crippen LogP contribution in [0.15, 0.2) is 4.99 Å². The first kappa shape index (κ1) is 8.94. The van der Waals surface area contributed by atoms with Crippen LogP contribution in [0.1, 0.15) is 19.8 Å². The lowest BCUT2D eigenvalue weighted by Crippen LogP contribution is -2.24. The Balaban J connectivity index is 3.52. The van der Waals surface area contributed by atoms with Crippen LogP contribution in [0.2, 0.25) is 0 Å². The fourth-order valence-electron chi connectivity index (χ4n) is 0.628. The Morgan fingerprint density at radius 3 is 2.70 bits per heavy atom. The third-order valence-electron chi connectivity index (χ3n) is 1.07. The van der Waals surface area contributed by atoms with Crippen LogP contribution in [0.25, 0.3) is 0 Å². The Kier molecular flexibility index (Phi) is 4.28. The molecule has 58 valence electrons. The number of carbonyl (C=O) groups excluding carboxylic acids is 1. The van der Waals surface area contributed by atoms with Crippen molar-refractivity contribution < 1.29 is 4.79 Å². The molecule has 10 heavy (non-hydrogen) atoms. The molecule has 4 N–H and O–H groups in total. The SMILES string of the molecule is CC(CCC=O)N=C(N)N. The van der Waals surface area contributed by atoms with Crippen LogP contribution in [0.4, 0.5) is 0 Å². The molecular formula is C6H13N3O. The molecule has 4 nitrogen and oxygen atoms in total. The zero-order valence-electron chi connectivity index (χ0n) is 6.08. The van der Waals surface area contributed by atoms with Gasteiger partial charge in [0, 0.05) is 6.42 Å². The number of hydrogen-bond acceptors (Lipinski definition) is 2. The lowest BCUT2D eigenvalue weighted by Gasteiger charge is -2.01. The first-order chi connectivity index (χ1) is 4.66. The molecule has 0 fully saturated rings. The summed E-state index contributed by atoms with van der Waals surface area (Å²) in [6, 6.07) is 0.0511. The molecule has 0 spiro atoms. The number of nitrogens with two attached hydrogens (primary N) is 2. The molecule has 0 saturated heterocycles. The number of nitrogens with zero attached hydrogens (tertiary/aromatic N) is 1. The van der Waals surface area contributed by atoms with Crippen molar-refractivity contribution in [3.63, 3.8) is 0 Å². The highest BCUT2D eigenvalue weighted by Gasteiger charge is 1.96. The summed E-state index contributed by atoms with van der Waals surface area (Å²) in [5.74, 6) is 0.0819. The number of rotatable bonds is 4.